The van der Waals surface area contributed by atoms with Crippen molar-refractivity contribution in [3.8, 4) is 11.1 Å². The van der Waals surface area contributed by atoms with Gasteiger partial charge >= 0.3 is 0 Å². The first-order valence-corrected chi connectivity index (χ1v) is 5.40. The van der Waals surface area contributed by atoms with Crippen molar-refractivity contribution in [1.29, 1.82) is 0 Å². The van der Waals surface area contributed by atoms with Gasteiger partial charge in [-0.15, -0.1) is 0 Å². The third-order valence-corrected chi connectivity index (χ3v) is 2.82. The lowest BCUT2D eigenvalue weighted by molar-refractivity contribution is 0.112. The fourth-order valence-corrected chi connectivity index (χ4v) is 1.80. The van der Waals surface area contributed by atoms with Gasteiger partial charge in [0.1, 0.15) is 6.29 Å². The molecule has 0 heterocycles. The summed E-state index contributed by atoms with van der Waals surface area (Å²) < 4.78 is 0. The van der Waals surface area contributed by atoms with Gasteiger partial charge in [0.25, 0.3) is 0 Å². The molecule has 0 spiro atoms. The van der Waals surface area contributed by atoms with Crippen molar-refractivity contribution >= 4 is 17.9 Å². The quantitative estimate of drug-likeness (QED) is 0.709. The molecule has 0 unspecified atom stereocenters. The lowest BCUT2D eigenvalue weighted by Crippen LogP contribution is -1.84. The van der Waals surface area contributed by atoms with Gasteiger partial charge in [0.15, 0.2) is 0 Å². The van der Waals surface area contributed by atoms with E-state index in [2.05, 4.69) is 0 Å². The fraction of sp³-hybridized carbons (Fsp3) is 0.0714. The van der Waals surface area contributed by atoms with Crippen LogP contribution in [-0.4, -0.2) is 6.29 Å². The molecule has 0 bridgehead atoms. The van der Waals surface area contributed by atoms with E-state index in [1.807, 2.05) is 31.2 Å². The molecule has 80 valence electrons. The molecule has 0 atom stereocenters. The molecule has 0 saturated heterocycles. The maximum atomic E-state index is 10.7. The first kappa shape index (κ1) is 10.9. The molecule has 1 nitrogen and oxygen atoms in total. The zero-order valence-electron chi connectivity index (χ0n) is 8.91. The number of hydrogen-bond acceptors (Lipinski definition) is 1. The van der Waals surface area contributed by atoms with Crippen LogP contribution < -0.4 is 0 Å². The first-order valence-electron chi connectivity index (χ1n) is 5.02. The molecule has 0 aromatic heterocycles. The minimum atomic E-state index is 0.639. The van der Waals surface area contributed by atoms with Crippen LogP contribution in [0.5, 0.6) is 0 Å². The molecular weight excluding hydrogens is 220 g/mol. The Morgan fingerprint density at radius 2 is 1.75 bits per heavy atom. The average Bonchev–Trinajstić information content (AvgIpc) is 2.31. The lowest BCUT2D eigenvalue weighted by atomic mass is 10.0. The zero-order valence-corrected chi connectivity index (χ0v) is 9.66. The summed E-state index contributed by atoms with van der Waals surface area (Å²) in [7, 11) is 0. The van der Waals surface area contributed by atoms with Crippen molar-refractivity contribution in [3.05, 3.63) is 58.6 Å². The summed E-state index contributed by atoms with van der Waals surface area (Å²) in [6.07, 6.45) is 0.827. The van der Waals surface area contributed by atoms with Crippen molar-refractivity contribution in [2.24, 2.45) is 0 Å². The summed E-state index contributed by atoms with van der Waals surface area (Å²) in [5.74, 6) is 0. The molecule has 2 aromatic carbocycles. The highest BCUT2D eigenvalue weighted by Crippen LogP contribution is 2.28. The SMILES string of the molecule is Cc1ccc(-c2cc(C=O)ccc2Cl)cc1. The molecule has 2 aromatic rings. The number of aryl methyl sites for hydroxylation is 1. The van der Waals surface area contributed by atoms with E-state index < -0.39 is 0 Å². The van der Waals surface area contributed by atoms with Crippen LogP contribution in [0, 0.1) is 6.92 Å². The van der Waals surface area contributed by atoms with E-state index in [0.29, 0.717) is 10.6 Å². The Hall–Kier alpha value is -1.60. The molecule has 16 heavy (non-hydrogen) atoms. The summed E-state index contributed by atoms with van der Waals surface area (Å²) in [5, 5.41) is 0.662. The molecular formula is C14H11ClO. The normalized spacial score (nSPS) is 10.1. The lowest BCUT2D eigenvalue weighted by Gasteiger charge is -2.05. The zero-order chi connectivity index (χ0) is 11.5. The van der Waals surface area contributed by atoms with Gasteiger partial charge in [-0.1, -0.05) is 47.5 Å². The van der Waals surface area contributed by atoms with Gasteiger partial charge in [0.05, 0.1) is 0 Å². The summed E-state index contributed by atoms with van der Waals surface area (Å²) >= 11 is 6.11. The topological polar surface area (TPSA) is 17.1 Å². The van der Waals surface area contributed by atoms with Crippen molar-refractivity contribution in [3.63, 3.8) is 0 Å². The summed E-state index contributed by atoms with van der Waals surface area (Å²) in [6.45, 7) is 2.03. The summed E-state index contributed by atoms with van der Waals surface area (Å²) in [4.78, 5) is 10.7. The van der Waals surface area contributed by atoms with Gasteiger partial charge in [0.2, 0.25) is 0 Å². The monoisotopic (exact) mass is 230 g/mol. The Balaban J connectivity index is 2.54. The number of carbonyl (C=O) groups is 1. The van der Waals surface area contributed by atoms with Gasteiger partial charge in [-0.25, -0.2) is 0 Å². The maximum absolute atomic E-state index is 10.7. The van der Waals surface area contributed by atoms with Gasteiger partial charge in [-0.05, 0) is 24.6 Å². The molecule has 0 aliphatic rings. The fourth-order valence-electron chi connectivity index (χ4n) is 1.57. The number of rotatable bonds is 2. The van der Waals surface area contributed by atoms with Gasteiger partial charge in [0, 0.05) is 16.1 Å². The van der Waals surface area contributed by atoms with E-state index in [4.69, 9.17) is 11.6 Å². The van der Waals surface area contributed by atoms with E-state index in [1.165, 1.54) is 5.56 Å². The number of halogens is 1. The number of aldehydes is 1. The van der Waals surface area contributed by atoms with Crippen LogP contribution in [0.1, 0.15) is 15.9 Å². The van der Waals surface area contributed by atoms with Crippen molar-refractivity contribution in [1.82, 2.24) is 0 Å². The number of carbonyl (C=O) groups excluding carboxylic acids is 1. The highest BCUT2D eigenvalue weighted by atomic mass is 35.5. The first-order chi connectivity index (χ1) is 7.70. The highest BCUT2D eigenvalue weighted by Gasteiger charge is 2.04. The Morgan fingerprint density at radius 1 is 1.06 bits per heavy atom. The Labute approximate surface area is 99.7 Å². The van der Waals surface area contributed by atoms with Crippen LogP contribution >= 0.6 is 11.6 Å². The van der Waals surface area contributed by atoms with Crippen LogP contribution in [0.15, 0.2) is 42.5 Å². The highest BCUT2D eigenvalue weighted by molar-refractivity contribution is 6.33. The van der Waals surface area contributed by atoms with Crippen LogP contribution in [0.2, 0.25) is 5.02 Å². The van der Waals surface area contributed by atoms with E-state index >= 15 is 0 Å². The van der Waals surface area contributed by atoms with Gasteiger partial charge < -0.3 is 0 Å². The van der Waals surface area contributed by atoms with Gasteiger partial charge in [-0.2, -0.15) is 0 Å². The van der Waals surface area contributed by atoms with E-state index in [1.54, 1.807) is 18.2 Å². The number of benzene rings is 2. The van der Waals surface area contributed by atoms with Crippen molar-refractivity contribution in [2.75, 3.05) is 0 Å². The minimum Gasteiger partial charge on any atom is -0.298 e. The van der Waals surface area contributed by atoms with Crippen molar-refractivity contribution in [2.45, 2.75) is 6.92 Å². The molecule has 0 fully saturated rings. The third-order valence-electron chi connectivity index (χ3n) is 2.49. The van der Waals surface area contributed by atoms with Crippen molar-refractivity contribution < 1.29 is 4.79 Å². The summed E-state index contributed by atoms with van der Waals surface area (Å²) in [5.41, 5.74) is 3.76. The Bertz CT molecular complexity index is 515. The second-order valence-corrected chi connectivity index (χ2v) is 4.13. The molecule has 0 aliphatic carbocycles. The number of hydrogen-bond donors (Lipinski definition) is 0. The predicted octanol–water partition coefficient (Wildman–Crippen LogP) is 4.13. The van der Waals surface area contributed by atoms with Crippen LogP contribution in [0.4, 0.5) is 0 Å². The van der Waals surface area contributed by atoms with E-state index in [9.17, 15) is 4.79 Å². The molecule has 2 heteroatoms. The minimum absolute atomic E-state index is 0.639. The summed E-state index contributed by atoms with van der Waals surface area (Å²) in [6, 6.07) is 13.3. The van der Waals surface area contributed by atoms with Crippen LogP contribution in [-0.2, 0) is 0 Å². The molecule has 0 saturated carbocycles. The van der Waals surface area contributed by atoms with E-state index in [0.717, 1.165) is 17.4 Å². The predicted molar refractivity (Wildman–Crippen MR) is 67.0 cm³/mol. The molecule has 0 radical (unpaired) electrons. The molecule has 0 aliphatic heterocycles. The maximum Gasteiger partial charge on any atom is 0.150 e. The second kappa shape index (κ2) is 4.50. The molecule has 2 rings (SSSR count). The smallest absolute Gasteiger partial charge is 0.150 e. The second-order valence-electron chi connectivity index (χ2n) is 3.72. The standard InChI is InChI=1S/C14H11ClO/c1-10-2-5-12(6-3-10)13-8-11(9-16)4-7-14(13)15/h2-9H,1H3. The Kier molecular flexibility index (Phi) is 3.07. The van der Waals surface area contributed by atoms with E-state index in [-0.39, 0.29) is 0 Å². The average molecular weight is 231 g/mol. The largest absolute Gasteiger partial charge is 0.298 e. The van der Waals surface area contributed by atoms with Gasteiger partial charge in [-0.3, -0.25) is 4.79 Å². The molecule has 0 amide bonds. The van der Waals surface area contributed by atoms with Crippen LogP contribution in [0.3, 0.4) is 0 Å². The third kappa shape index (κ3) is 2.15. The molecule has 0 N–H and O–H groups in total. The Morgan fingerprint density at radius 3 is 2.38 bits per heavy atom. The van der Waals surface area contributed by atoms with Crippen LogP contribution in [0.25, 0.3) is 11.1 Å².